The zero-order chi connectivity index (χ0) is 13.7. The molecular formula is C10H10N2O6. The molecule has 96 valence electrons. The molecule has 0 heterocycles. The van der Waals surface area contributed by atoms with Crippen LogP contribution in [0.25, 0.3) is 6.08 Å². The lowest BCUT2D eigenvalue weighted by Gasteiger charge is -2.08. The first-order chi connectivity index (χ1) is 8.49. The van der Waals surface area contributed by atoms with Crippen LogP contribution in [0, 0.1) is 20.2 Å². The van der Waals surface area contributed by atoms with Crippen molar-refractivity contribution in [3.05, 3.63) is 44.1 Å². The number of methoxy groups -OCH3 is 2. The van der Waals surface area contributed by atoms with Crippen molar-refractivity contribution in [1.82, 2.24) is 0 Å². The molecule has 0 aliphatic heterocycles. The molecule has 1 aromatic carbocycles. The van der Waals surface area contributed by atoms with E-state index in [1.807, 2.05) is 0 Å². The van der Waals surface area contributed by atoms with E-state index in [0.717, 1.165) is 12.1 Å². The Morgan fingerprint density at radius 2 is 1.67 bits per heavy atom. The zero-order valence-electron chi connectivity index (χ0n) is 9.65. The molecule has 1 aromatic rings. The molecule has 0 spiro atoms. The van der Waals surface area contributed by atoms with E-state index in [2.05, 4.69) is 0 Å². The number of hydrogen-bond acceptors (Lipinski definition) is 6. The Morgan fingerprint density at radius 3 is 2.11 bits per heavy atom. The van der Waals surface area contributed by atoms with Crippen LogP contribution in [0.5, 0.6) is 11.5 Å². The van der Waals surface area contributed by atoms with Gasteiger partial charge < -0.3 is 9.47 Å². The summed E-state index contributed by atoms with van der Waals surface area (Å²) in [6, 6.07) is 2.45. The molecule has 0 unspecified atom stereocenters. The van der Waals surface area contributed by atoms with Gasteiger partial charge in [-0.2, -0.15) is 0 Å². The van der Waals surface area contributed by atoms with Crippen LogP contribution in [0.3, 0.4) is 0 Å². The fraction of sp³-hybridized carbons (Fsp3) is 0.200. The maximum absolute atomic E-state index is 10.8. The minimum absolute atomic E-state index is 0.0642. The molecule has 0 aliphatic carbocycles. The molecule has 0 fully saturated rings. The molecular weight excluding hydrogens is 244 g/mol. The largest absolute Gasteiger partial charge is 0.493 e. The normalized spacial score (nSPS) is 10.3. The quantitative estimate of drug-likeness (QED) is 0.586. The number of hydrogen-bond donors (Lipinski definition) is 0. The number of nitro groups is 2. The standard InChI is InChI=1S/C10H10N2O6/c1-17-9-5-7(3-4-11(13)14)8(12(15)16)6-10(9)18-2/h3-6H,1-2H3/b4-3-. The second kappa shape index (κ2) is 5.62. The Kier molecular flexibility index (Phi) is 4.19. The van der Waals surface area contributed by atoms with Crippen LogP contribution >= 0.6 is 0 Å². The van der Waals surface area contributed by atoms with Gasteiger partial charge >= 0.3 is 0 Å². The summed E-state index contributed by atoms with van der Waals surface area (Å²) in [5.41, 5.74) is -0.236. The van der Waals surface area contributed by atoms with Gasteiger partial charge in [0, 0.05) is 6.08 Å². The van der Waals surface area contributed by atoms with Gasteiger partial charge in [0.1, 0.15) is 0 Å². The molecule has 0 aliphatic rings. The fourth-order valence-corrected chi connectivity index (χ4v) is 1.32. The van der Waals surface area contributed by atoms with Crippen LogP contribution in [0.2, 0.25) is 0 Å². The summed E-state index contributed by atoms with van der Waals surface area (Å²) in [4.78, 5) is 19.7. The van der Waals surface area contributed by atoms with Gasteiger partial charge in [-0.25, -0.2) is 0 Å². The molecule has 8 heteroatoms. The first kappa shape index (κ1) is 13.4. The van der Waals surface area contributed by atoms with Crippen molar-refractivity contribution in [2.75, 3.05) is 14.2 Å². The zero-order valence-corrected chi connectivity index (χ0v) is 9.65. The van der Waals surface area contributed by atoms with Crippen molar-refractivity contribution in [3.8, 4) is 11.5 Å². The Hall–Kier alpha value is -2.64. The van der Waals surface area contributed by atoms with E-state index >= 15 is 0 Å². The molecule has 0 amide bonds. The summed E-state index contributed by atoms with van der Waals surface area (Å²) in [7, 11) is 2.71. The molecule has 0 radical (unpaired) electrons. The van der Waals surface area contributed by atoms with E-state index in [-0.39, 0.29) is 22.7 Å². The van der Waals surface area contributed by atoms with Crippen molar-refractivity contribution in [2.24, 2.45) is 0 Å². The molecule has 0 atom stereocenters. The molecule has 8 nitrogen and oxygen atoms in total. The summed E-state index contributed by atoms with van der Waals surface area (Å²) in [6.07, 6.45) is 1.65. The average Bonchev–Trinajstić information content (AvgIpc) is 2.34. The van der Waals surface area contributed by atoms with Crippen LogP contribution in [-0.4, -0.2) is 24.1 Å². The van der Waals surface area contributed by atoms with E-state index in [4.69, 9.17) is 9.47 Å². The van der Waals surface area contributed by atoms with Crippen molar-refractivity contribution in [2.45, 2.75) is 0 Å². The predicted molar refractivity (Wildman–Crippen MR) is 62.2 cm³/mol. The topological polar surface area (TPSA) is 105 Å². The van der Waals surface area contributed by atoms with E-state index in [1.165, 1.54) is 20.3 Å². The van der Waals surface area contributed by atoms with Gasteiger partial charge in [-0.05, 0) is 6.07 Å². The summed E-state index contributed by atoms with van der Waals surface area (Å²) < 4.78 is 9.89. The molecule has 18 heavy (non-hydrogen) atoms. The minimum atomic E-state index is -0.708. The third-order valence-corrected chi connectivity index (χ3v) is 2.11. The highest BCUT2D eigenvalue weighted by Crippen LogP contribution is 2.34. The summed E-state index contributed by atoms with van der Waals surface area (Å²) in [5, 5.41) is 21.1. The highest BCUT2D eigenvalue weighted by atomic mass is 16.6. The van der Waals surface area contributed by atoms with E-state index in [1.54, 1.807) is 0 Å². The Labute approximate surface area is 102 Å². The van der Waals surface area contributed by atoms with Gasteiger partial charge in [0.2, 0.25) is 6.20 Å². The highest BCUT2D eigenvalue weighted by molar-refractivity contribution is 5.66. The fourth-order valence-electron chi connectivity index (χ4n) is 1.32. The third kappa shape index (κ3) is 2.94. The lowest BCUT2D eigenvalue weighted by atomic mass is 10.1. The molecule has 0 N–H and O–H groups in total. The van der Waals surface area contributed by atoms with Gasteiger partial charge in [0.05, 0.1) is 35.7 Å². The van der Waals surface area contributed by atoms with Gasteiger partial charge in [0.15, 0.2) is 11.5 Å². The molecule has 0 saturated carbocycles. The summed E-state index contributed by atoms with van der Waals surface area (Å²) >= 11 is 0. The SMILES string of the molecule is COc1cc(/C=C\[N+](=O)[O-])c([N+](=O)[O-])cc1OC. The minimum Gasteiger partial charge on any atom is -0.493 e. The van der Waals surface area contributed by atoms with Crippen LogP contribution in [0.4, 0.5) is 5.69 Å². The number of nitro benzene ring substituents is 1. The smallest absolute Gasteiger partial charge is 0.280 e. The molecule has 0 bridgehead atoms. The Bertz CT molecular complexity index is 511. The van der Waals surface area contributed by atoms with Crippen LogP contribution in [0.15, 0.2) is 18.3 Å². The van der Waals surface area contributed by atoms with Gasteiger partial charge in [-0.1, -0.05) is 0 Å². The van der Waals surface area contributed by atoms with E-state index < -0.39 is 9.85 Å². The van der Waals surface area contributed by atoms with Crippen molar-refractivity contribution in [1.29, 1.82) is 0 Å². The van der Waals surface area contributed by atoms with Crippen LogP contribution in [-0.2, 0) is 0 Å². The third-order valence-electron chi connectivity index (χ3n) is 2.11. The Balaban J connectivity index is 3.37. The van der Waals surface area contributed by atoms with Crippen LogP contribution < -0.4 is 9.47 Å². The first-order valence-electron chi connectivity index (χ1n) is 4.71. The number of nitrogens with zero attached hydrogens (tertiary/aromatic N) is 2. The van der Waals surface area contributed by atoms with Gasteiger partial charge in [-0.3, -0.25) is 20.2 Å². The van der Waals surface area contributed by atoms with Crippen LogP contribution in [0.1, 0.15) is 5.56 Å². The van der Waals surface area contributed by atoms with Gasteiger partial charge in [-0.15, -0.1) is 0 Å². The number of ether oxygens (including phenoxy) is 2. The van der Waals surface area contributed by atoms with Crippen molar-refractivity contribution >= 4 is 11.8 Å². The molecule has 0 aromatic heterocycles. The monoisotopic (exact) mass is 254 g/mol. The van der Waals surface area contributed by atoms with E-state index in [9.17, 15) is 20.2 Å². The lowest BCUT2D eigenvalue weighted by molar-refractivity contribution is -0.401. The van der Waals surface area contributed by atoms with Crippen molar-refractivity contribution < 1.29 is 19.3 Å². The average molecular weight is 254 g/mol. The second-order valence-corrected chi connectivity index (χ2v) is 3.12. The lowest BCUT2D eigenvalue weighted by Crippen LogP contribution is -1.97. The highest BCUT2D eigenvalue weighted by Gasteiger charge is 2.18. The van der Waals surface area contributed by atoms with Crippen molar-refractivity contribution in [3.63, 3.8) is 0 Å². The summed E-state index contributed by atoms with van der Waals surface area (Å²) in [5.74, 6) is 0.438. The molecule has 0 saturated heterocycles. The molecule has 1 rings (SSSR count). The summed E-state index contributed by atoms with van der Waals surface area (Å²) in [6.45, 7) is 0. The first-order valence-corrected chi connectivity index (χ1v) is 4.71. The van der Waals surface area contributed by atoms with E-state index in [0.29, 0.717) is 6.20 Å². The Morgan fingerprint density at radius 1 is 1.11 bits per heavy atom. The maximum Gasteiger partial charge on any atom is 0.280 e. The number of rotatable bonds is 5. The second-order valence-electron chi connectivity index (χ2n) is 3.12. The predicted octanol–water partition coefficient (Wildman–Crippen LogP) is 1.86. The van der Waals surface area contributed by atoms with Gasteiger partial charge in [0.25, 0.3) is 5.69 Å². The number of benzene rings is 1. The maximum atomic E-state index is 10.8.